The fourth-order valence-corrected chi connectivity index (χ4v) is 4.02. The number of halogens is 1. The summed E-state index contributed by atoms with van der Waals surface area (Å²) in [4.78, 5) is 13.3. The molecule has 5 heteroatoms. The van der Waals surface area contributed by atoms with Crippen molar-refractivity contribution in [3.8, 4) is 11.5 Å². The lowest BCUT2D eigenvalue weighted by molar-refractivity contribution is -0.121. The molecule has 1 aliphatic carbocycles. The first-order chi connectivity index (χ1) is 12.5. The van der Waals surface area contributed by atoms with Crippen LogP contribution in [0.1, 0.15) is 36.8 Å². The van der Waals surface area contributed by atoms with Crippen LogP contribution in [0.5, 0.6) is 11.5 Å². The van der Waals surface area contributed by atoms with Crippen molar-refractivity contribution in [2.45, 2.75) is 38.0 Å². The van der Waals surface area contributed by atoms with Gasteiger partial charge in [-0.1, -0.05) is 40.9 Å². The average Bonchev–Trinajstić information content (AvgIpc) is 3.14. The molecule has 2 aromatic rings. The SMILES string of the molecule is COc1cc(C)c(NC(=O)C2(c3ccc(Br)cc3)CCCC2)cc1OC. The van der Waals surface area contributed by atoms with Crippen molar-refractivity contribution >= 4 is 27.5 Å². The highest BCUT2D eigenvalue weighted by Crippen LogP contribution is 2.43. The molecule has 0 heterocycles. The number of amides is 1. The lowest BCUT2D eigenvalue weighted by Gasteiger charge is -2.29. The zero-order chi connectivity index (χ0) is 18.7. The van der Waals surface area contributed by atoms with Crippen LogP contribution in [0.4, 0.5) is 5.69 Å². The first-order valence-corrected chi connectivity index (χ1v) is 9.59. The Kier molecular flexibility index (Phi) is 5.56. The minimum atomic E-state index is -0.472. The summed E-state index contributed by atoms with van der Waals surface area (Å²) in [6.45, 7) is 1.96. The molecule has 0 radical (unpaired) electrons. The van der Waals surface area contributed by atoms with E-state index in [2.05, 4.69) is 33.4 Å². The lowest BCUT2D eigenvalue weighted by Crippen LogP contribution is -2.38. The smallest absolute Gasteiger partial charge is 0.235 e. The van der Waals surface area contributed by atoms with Gasteiger partial charge in [-0.3, -0.25) is 4.79 Å². The quantitative estimate of drug-likeness (QED) is 0.724. The first-order valence-electron chi connectivity index (χ1n) is 8.80. The molecule has 2 aromatic carbocycles. The number of aryl methyl sites for hydroxylation is 1. The summed E-state index contributed by atoms with van der Waals surface area (Å²) in [5, 5.41) is 3.15. The molecule has 1 amide bonds. The maximum atomic E-state index is 13.3. The third-order valence-corrected chi connectivity index (χ3v) is 5.80. The van der Waals surface area contributed by atoms with Crippen molar-refractivity contribution in [3.05, 3.63) is 52.0 Å². The number of ether oxygens (including phenoxy) is 2. The predicted octanol–water partition coefficient (Wildman–Crippen LogP) is 5.23. The van der Waals surface area contributed by atoms with E-state index in [1.165, 1.54) is 0 Å². The maximum absolute atomic E-state index is 13.3. The summed E-state index contributed by atoms with van der Waals surface area (Å²) in [6, 6.07) is 11.8. The highest BCUT2D eigenvalue weighted by Gasteiger charge is 2.42. The van der Waals surface area contributed by atoms with Gasteiger partial charge in [-0.2, -0.15) is 0 Å². The normalized spacial score (nSPS) is 15.5. The number of anilines is 1. The maximum Gasteiger partial charge on any atom is 0.235 e. The van der Waals surface area contributed by atoms with Gasteiger partial charge in [0.25, 0.3) is 0 Å². The second-order valence-electron chi connectivity index (χ2n) is 6.77. The number of nitrogens with one attached hydrogen (secondary N) is 1. The molecule has 138 valence electrons. The molecule has 0 atom stereocenters. The summed E-state index contributed by atoms with van der Waals surface area (Å²) >= 11 is 3.48. The minimum absolute atomic E-state index is 0.0487. The lowest BCUT2D eigenvalue weighted by atomic mass is 9.78. The van der Waals surface area contributed by atoms with Gasteiger partial charge >= 0.3 is 0 Å². The second-order valence-corrected chi connectivity index (χ2v) is 7.69. The van der Waals surface area contributed by atoms with Crippen LogP contribution in [-0.2, 0) is 10.2 Å². The fourth-order valence-electron chi connectivity index (χ4n) is 3.75. The van der Waals surface area contributed by atoms with E-state index in [0.29, 0.717) is 11.5 Å². The molecule has 1 saturated carbocycles. The van der Waals surface area contributed by atoms with Crippen LogP contribution in [0.15, 0.2) is 40.9 Å². The summed E-state index contributed by atoms with van der Waals surface area (Å²) < 4.78 is 11.7. The Morgan fingerprint density at radius 2 is 1.62 bits per heavy atom. The fraction of sp³-hybridized carbons (Fsp3) is 0.381. The molecule has 3 rings (SSSR count). The van der Waals surface area contributed by atoms with Crippen molar-refractivity contribution < 1.29 is 14.3 Å². The summed E-state index contributed by atoms with van der Waals surface area (Å²) in [7, 11) is 3.20. The van der Waals surface area contributed by atoms with Crippen LogP contribution in [-0.4, -0.2) is 20.1 Å². The van der Waals surface area contributed by atoms with Gasteiger partial charge in [-0.15, -0.1) is 0 Å². The molecule has 1 aliphatic rings. The molecule has 0 aliphatic heterocycles. The van der Waals surface area contributed by atoms with Gasteiger partial charge in [0.1, 0.15) is 0 Å². The second kappa shape index (κ2) is 7.70. The number of rotatable bonds is 5. The van der Waals surface area contributed by atoms with Gasteiger partial charge in [0.15, 0.2) is 11.5 Å². The number of hydrogen-bond acceptors (Lipinski definition) is 3. The van der Waals surface area contributed by atoms with Gasteiger partial charge in [-0.25, -0.2) is 0 Å². The van der Waals surface area contributed by atoms with Crippen LogP contribution in [0.2, 0.25) is 0 Å². The standard InChI is InChI=1S/C21H24BrNO3/c1-14-12-18(25-2)19(26-3)13-17(14)23-20(24)21(10-4-5-11-21)15-6-8-16(22)9-7-15/h6-9,12-13H,4-5,10-11H2,1-3H3,(H,23,24). The largest absolute Gasteiger partial charge is 0.493 e. The average molecular weight is 418 g/mol. The number of hydrogen-bond donors (Lipinski definition) is 1. The summed E-state index contributed by atoms with van der Waals surface area (Å²) in [5.74, 6) is 1.32. The Balaban J connectivity index is 1.93. The van der Waals surface area contributed by atoms with Crippen molar-refractivity contribution in [1.82, 2.24) is 0 Å². The van der Waals surface area contributed by atoms with Gasteiger partial charge < -0.3 is 14.8 Å². The van der Waals surface area contributed by atoms with Crippen LogP contribution >= 0.6 is 15.9 Å². The highest BCUT2D eigenvalue weighted by molar-refractivity contribution is 9.10. The molecule has 0 aromatic heterocycles. The Bertz CT molecular complexity index is 796. The third-order valence-electron chi connectivity index (χ3n) is 5.27. The van der Waals surface area contributed by atoms with Gasteiger partial charge in [0, 0.05) is 16.2 Å². The van der Waals surface area contributed by atoms with Gasteiger partial charge in [-0.05, 0) is 49.1 Å². The molecule has 26 heavy (non-hydrogen) atoms. The molecule has 0 unspecified atom stereocenters. The minimum Gasteiger partial charge on any atom is -0.493 e. The van der Waals surface area contributed by atoms with Crippen molar-refractivity contribution in [1.29, 1.82) is 0 Å². The topological polar surface area (TPSA) is 47.6 Å². The number of carbonyl (C=O) groups excluding carboxylic acids is 1. The Hall–Kier alpha value is -2.01. The zero-order valence-corrected chi connectivity index (χ0v) is 17.0. The molecule has 1 N–H and O–H groups in total. The molecule has 0 spiro atoms. The highest BCUT2D eigenvalue weighted by atomic mass is 79.9. The van der Waals surface area contributed by atoms with E-state index >= 15 is 0 Å². The van der Waals surface area contributed by atoms with Crippen LogP contribution in [0.3, 0.4) is 0 Å². The summed E-state index contributed by atoms with van der Waals surface area (Å²) in [6.07, 6.45) is 3.86. The molecule has 1 fully saturated rings. The zero-order valence-electron chi connectivity index (χ0n) is 15.4. The monoisotopic (exact) mass is 417 g/mol. The molecule has 4 nitrogen and oxygen atoms in total. The van der Waals surface area contributed by atoms with E-state index in [-0.39, 0.29) is 5.91 Å². The third kappa shape index (κ3) is 3.45. The van der Waals surface area contributed by atoms with E-state index in [1.54, 1.807) is 14.2 Å². The van der Waals surface area contributed by atoms with Gasteiger partial charge in [0.2, 0.25) is 5.91 Å². The van der Waals surface area contributed by atoms with E-state index in [1.807, 2.05) is 31.2 Å². The number of methoxy groups -OCH3 is 2. The Labute approximate surface area is 163 Å². The Morgan fingerprint density at radius 1 is 1.04 bits per heavy atom. The predicted molar refractivity (Wildman–Crippen MR) is 107 cm³/mol. The van der Waals surface area contributed by atoms with Crippen molar-refractivity contribution in [3.63, 3.8) is 0 Å². The molecule has 0 saturated heterocycles. The van der Waals surface area contributed by atoms with Crippen molar-refractivity contribution in [2.75, 3.05) is 19.5 Å². The number of carbonyl (C=O) groups is 1. The first kappa shape index (κ1) is 18.8. The molecular weight excluding hydrogens is 394 g/mol. The van der Waals surface area contributed by atoms with Crippen molar-refractivity contribution in [2.24, 2.45) is 0 Å². The van der Waals surface area contributed by atoms with Gasteiger partial charge in [0.05, 0.1) is 19.6 Å². The van der Waals surface area contributed by atoms with Crippen LogP contribution < -0.4 is 14.8 Å². The van der Waals surface area contributed by atoms with Crippen LogP contribution in [0.25, 0.3) is 0 Å². The van der Waals surface area contributed by atoms with E-state index < -0.39 is 5.41 Å². The number of benzene rings is 2. The van der Waals surface area contributed by atoms with Crippen LogP contribution in [0, 0.1) is 6.92 Å². The van der Waals surface area contributed by atoms with E-state index in [0.717, 1.165) is 47.0 Å². The Morgan fingerprint density at radius 3 is 2.19 bits per heavy atom. The summed E-state index contributed by atoms with van der Waals surface area (Å²) in [5.41, 5.74) is 2.31. The molecule has 0 bridgehead atoms. The van der Waals surface area contributed by atoms with E-state index in [4.69, 9.17) is 9.47 Å². The molecular formula is C21H24BrNO3. The van der Waals surface area contributed by atoms with E-state index in [9.17, 15) is 4.79 Å².